The van der Waals surface area contributed by atoms with Crippen LogP contribution in [0, 0.1) is 11.8 Å². The van der Waals surface area contributed by atoms with Crippen molar-refractivity contribution in [2.24, 2.45) is 11.8 Å². The molecule has 5 nitrogen and oxygen atoms in total. The van der Waals surface area contributed by atoms with Crippen molar-refractivity contribution in [1.29, 1.82) is 0 Å². The second-order valence-electron chi connectivity index (χ2n) is 5.33. The lowest BCUT2D eigenvalue weighted by Crippen LogP contribution is -2.52. The molecule has 5 heteroatoms. The van der Waals surface area contributed by atoms with Crippen molar-refractivity contribution in [3.63, 3.8) is 0 Å². The molecular weight excluding hydrogens is 260 g/mol. The van der Waals surface area contributed by atoms with Crippen LogP contribution in [0.2, 0.25) is 0 Å². The molecule has 0 aliphatic carbocycles. The maximum atomic E-state index is 11.3. The molecule has 0 aromatic rings. The van der Waals surface area contributed by atoms with Crippen molar-refractivity contribution < 1.29 is 23.8 Å². The summed E-state index contributed by atoms with van der Waals surface area (Å²) < 4.78 is 16.3. The van der Waals surface area contributed by atoms with Crippen LogP contribution in [-0.2, 0) is 23.8 Å². The minimum atomic E-state index is -0.432. The number of ether oxygens (including phenoxy) is 3. The molecule has 0 saturated carbocycles. The Labute approximate surface area is 120 Å². The molecule has 5 atom stereocenters. The van der Waals surface area contributed by atoms with Gasteiger partial charge in [0, 0.05) is 19.8 Å². The molecule has 0 aromatic heterocycles. The normalized spacial score (nSPS) is 33.3. The van der Waals surface area contributed by atoms with E-state index in [1.807, 2.05) is 13.0 Å². The average molecular weight is 284 g/mol. The van der Waals surface area contributed by atoms with Gasteiger partial charge in [-0.2, -0.15) is 0 Å². The zero-order valence-electron chi connectivity index (χ0n) is 12.6. The summed E-state index contributed by atoms with van der Waals surface area (Å²) in [5, 5.41) is 0. The fourth-order valence-electron chi connectivity index (χ4n) is 2.55. The van der Waals surface area contributed by atoms with Crippen LogP contribution in [-0.4, -0.2) is 36.9 Å². The lowest BCUT2D eigenvalue weighted by molar-refractivity contribution is -0.204. The summed E-state index contributed by atoms with van der Waals surface area (Å²) in [5.74, 6) is -0.376. The van der Waals surface area contributed by atoms with Gasteiger partial charge in [-0.15, -0.1) is 6.58 Å². The molecule has 0 amide bonds. The zero-order chi connectivity index (χ0) is 15.3. The Balaban J connectivity index is 2.83. The van der Waals surface area contributed by atoms with E-state index < -0.39 is 12.2 Å². The lowest BCUT2D eigenvalue weighted by Gasteiger charge is -2.43. The van der Waals surface area contributed by atoms with Gasteiger partial charge in [-0.05, 0) is 12.3 Å². The molecule has 1 heterocycles. The molecule has 1 fully saturated rings. The summed E-state index contributed by atoms with van der Waals surface area (Å²) in [7, 11) is 0. The molecule has 20 heavy (non-hydrogen) atoms. The molecule has 1 aliphatic rings. The highest BCUT2D eigenvalue weighted by Gasteiger charge is 2.43. The minimum absolute atomic E-state index is 0.00475. The third kappa shape index (κ3) is 4.34. The largest absolute Gasteiger partial charge is 0.463 e. The van der Waals surface area contributed by atoms with Crippen LogP contribution >= 0.6 is 0 Å². The van der Waals surface area contributed by atoms with Gasteiger partial charge in [0.05, 0.1) is 6.10 Å². The number of carbonyl (C=O) groups is 2. The standard InChI is InChI=1S/C15H24O5/c1-6-7-13-9(2)10(3)15(19-12(5)17)14(20-13)8-18-11(4)16/h6,9-10,13-15H,1,7-8H2,2-5H3/t9-,10-,13+,14-,15-/m1/s1. The average Bonchev–Trinajstić information content (AvgIpc) is 2.36. The summed E-state index contributed by atoms with van der Waals surface area (Å²) in [6, 6.07) is 0. The number of hydrogen-bond donors (Lipinski definition) is 0. The van der Waals surface area contributed by atoms with Gasteiger partial charge in [-0.3, -0.25) is 9.59 Å². The highest BCUT2D eigenvalue weighted by atomic mass is 16.6. The first-order chi connectivity index (χ1) is 9.36. The van der Waals surface area contributed by atoms with E-state index in [1.165, 1.54) is 13.8 Å². The maximum Gasteiger partial charge on any atom is 0.303 e. The van der Waals surface area contributed by atoms with Crippen LogP contribution < -0.4 is 0 Å². The number of rotatable bonds is 5. The van der Waals surface area contributed by atoms with Gasteiger partial charge in [0.25, 0.3) is 0 Å². The van der Waals surface area contributed by atoms with Gasteiger partial charge in [-0.1, -0.05) is 19.9 Å². The van der Waals surface area contributed by atoms with Crippen LogP contribution in [0.5, 0.6) is 0 Å². The molecule has 114 valence electrons. The molecule has 0 aromatic carbocycles. The van der Waals surface area contributed by atoms with Gasteiger partial charge in [-0.25, -0.2) is 0 Å². The van der Waals surface area contributed by atoms with Crippen molar-refractivity contribution in [3.05, 3.63) is 12.7 Å². The Morgan fingerprint density at radius 3 is 2.30 bits per heavy atom. The third-order valence-corrected chi connectivity index (χ3v) is 3.80. The summed E-state index contributed by atoms with van der Waals surface area (Å²) in [6.45, 7) is 10.6. The van der Waals surface area contributed by atoms with Gasteiger partial charge in [0.15, 0.2) is 0 Å². The van der Waals surface area contributed by atoms with E-state index in [2.05, 4.69) is 13.5 Å². The smallest absolute Gasteiger partial charge is 0.303 e. The van der Waals surface area contributed by atoms with Crippen molar-refractivity contribution in [1.82, 2.24) is 0 Å². The number of carbonyl (C=O) groups excluding carboxylic acids is 2. The molecule has 1 rings (SSSR count). The highest BCUT2D eigenvalue weighted by molar-refractivity contribution is 5.66. The van der Waals surface area contributed by atoms with Crippen LogP contribution in [0.4, 0.5) is 0 Å². The van der Waals surface area contributed by atoms with Gasteiger partial charge in [0.1, 0.15) is 18.8 Å². The van der Waals surface area contributed by atoms with E-state index in [1.54, 1.807) is 0 Å². The van der Waals surface area contributed by atoms with Crippen LogP contribution in [0.1, 0.15) is 34.1 Å². The summed E-state index contributed by atoms with van der Waals surface area (Å²) in [6.07, 6.45) is 1.69. The molecular formula is C15H24O5. The fraction of sp³-hybridized carbons (Fsp3) is 0.733. The van der Waals surface area contributed by atoms with Crippen molar-refractivity contribution in [2.75, 3.05) is 6.61 Å². The quantitative estimate of drug-likeness (QED) is 0.571. The molecule has 1 aliphatic heterocycles. The maximum absolute atomic E-state index is 11.3. The van der Waals surface area contributed by atoms with Gasteiger partial charge >= 0.3 is 11.9 Å². The monoisotopic (exact) mass is 284 g/mol. The summed E-state index contributed by atoms with van der Waals surface area (Å²) >= 11 is 0. The Morgan fingerprint density at radius 2 is 1.80 bits per heavy atom. The molecule has 0 radical (unpaired) electrons. The Hall–Kier alpha value is -1.36. The first-order valence-corrected chi connectivity index (χ1v) is 6.93. The van der Waals surface area contributed by atoms with E-state index in [0.717, 1.165) is 6.42 Å². The topological polar surface area (TPSA) is 61.8 Å². The summed E-state index contributed by atoms with van der Waals surface area (Å²) in [5.41, 5.74) is 0. The predicted octanol–water partition coefficient (Wildman–Crippen LogP) is 2.10. The molecule has 0 spiro atoms. The zero-order valence-corrected chi connectivity index (χ0v) is 12.6. The third-order valence-electron chi connectivity index (χ3n) is 3.80. The fourth-order valence-corrected chi connectivity index (χ4v) is 2.55. The first-order valence-electron chi connectivity index (χ1n) is 6.93. The van der Waals surface area contributed by atoms with Crippen LogP contribution in [0.3, 0.4) is 0 Å². The second-order valence-corrected chi connectivity index (χ2v) is 5.33. The Bertz CT molecular complexity index is 365. The van der Waals surface area contributed by atoms with E-state index >= 15 is 0 Å². The molecule has 0 bridgehead atoms. The van der Waals surface area contributed by atoms with Crippen molar-refractivity contribution in [3.8, 4) is 0 Å². The van der Waals surface area contributed by atoms with Crippen molar-refractivity contribution >= 4 is 11.9 Å². The summed E-state index contributed by atoms with van der Waals surface area (Å²) in [4.78, 5) is 22.2. The van der Waals surface area contributed by atoms with E-state index in [4.69, 9.17) is 14.2 Å². The Kier molecular flexibility index (Phi) is 6.20. The second kappa shape index (κ2) is 7.43. The molecule has 0 unspecified atom stereocenters. The predicted molar refractivity (Wildman–Crippen MR) is 74.0 cm³/mol. The highest BCUT2D eigenvalue weighted by Crippen LogP contribution is 2.34. The Morgan fingerprint density at radius 1 is 1.15 bits per heavy atom. The van der Waals surface area contributed by atoms with Crippen LogP contribution in [0.25, 0.3) is 0 Å². The minimum Gasteiger partial charge on any atom is -0.463 e. The van der Waals surface area contributed by atoms with Crippen LogP contribution in [0.15, 0.2) is 12.7 Å². The van der Waals surface area contributed by atoms with Gasteiger partial charge in [0.2, 0.25) is 0 Å². The SMILES string of the molecule is C=CC[C@@H]1O[C@H](COC(C)=O)[C@H](OC(C)=O)[C@H](C)[C@H]1C. The first kappa shape index (κ1) is 16.7. The number of esters is 2. The van der Waals surface area contributed by atoms with Gasteiger partial charge < -0.3 is 14.2 Å². The van der Waals surface area contributed by atoms with E-state index in [0.29, 0.717) is 0 Å². The molecule has 0 N–H and O–H groups in total. The molecule has 1 saturated heterocycles. The van der Waals surface area contributed by atoms with Crippen molar-refractivity contribution in [2.45, 2.75) is 52.4 Å². The lowest BCUT2D eigenvalue weighted by atomic mass is 9.80. The van der Waals surface area contributed by atoms with E-state index in [9.17, 15) is 9.59 Å². The van der Waals surface area contributed by atoms with E-state index in [-0.39, 0.29) is 36.5 Å². The number of hydrogen-bond acceptors (Lipinski definition) is 5.